The van der Waals surface area contributed by atoms with Crippen molar-refractivity contribution < 1.29 is 75.8 Å². The molecule has 0 aliphatic carbocycles. The lowest BCUT2D eigenvalue weighted by molar-refractivity contribution is -0.161. The van der Waals surface area contributed by atoms with Crippen molar-refractivity contribution >= 4 is 33.6 Å². The number of aliphatic hydroxyl groups is 2. The first-order chi connectivity index (χ1) is 48.2. The summed E-state index contributed by atoms with van der Waals surface area (Å²) in [5, 5.41) is 20.6. The maximum atomic E-state index is 12.9. The summed E-state index contributed by atoms with van der Waals surface area (Å²) < 4.78 is 60.9. The Morgan fingerprint density at radius 3 is 0.838 bits per heavy atom. The van der Waals surface area contributed by atoms with E-state index < -0.39 is 91.5 Å². The first-order valence-corrected chi connectivity index (χ1v) is 40.1. The van der Waals surface area contributed by atoms with Crippen molar-refractivity contribution in [3.05, 3.63) is 182 Å². The highest BCUT2D eigenvalue weighted by atomic mass is 31.2. The predicted molar refractivity (Wildman–Crippen MR) is 408 cm³/mol. The van der Waals surface area contributed by atoms with Gasteiger partial charge in [0.2, 0.25) is 0 Å². The van der Waals surface area contributed by atoms with Crippen LogP contribution in [0.2, 0.25) is 0 Å². The molecule has 0 radical (unpaired) electrons. The van der Waals surface area contributed by atoms with Crippen LogP contribution in [0.25, 0.3) is 0 Å². The molecule has 0 bridgehead atoms. The molecule has 0 aliphatic heterocycles. The summed E-state index contributed by atoms with van der Waals surface area (Å²) in [5.74, 6) is -1.69. The monoisotopic (exact) mass is 1420 g/mol. The smallest absolute Gasteiger partial charge is 0.463 e. The van der Waals surface area contributed by atoms with Crippen molar-refractivity contribution in [1.29, 1.82) is 0 Å². The third kappa shape index (κ3) is 73.7. The molecule has 0 heterocycles. The molecule has 18 heteroatoms. The van der Waals surface area contributed by atoms with Crippen molar-refractivity contribution in [3.63, 3.8) is 0 Å². The Morgan fingerprint density at radius 1 is 0.283 bits per heavy atom. The van der Waals surface area contributed by atoms with E-state index in [1.165, 1.54) is 32.1 Å². The van der Waals surface area contributed by atoms with Gasteiger partial charge in [-0.3, -0.25) is 32.5 Å². The molecule has 99 heavy (non-hydrogen) atoms. The molecule has 16 nitrogen and oxygen atoms in total. The van der Waals surface area contributed by atoms with Gasteiger partial charge in [0.05, 0.1) is 26.4 Å². The van der Waals surface area contributed by atoms with Gasteiger partial charge < -0.3 is 34.2 Å². The summed E-state index contributed by atoms with van der Waals surface area (Å²) in [6.45, 7) is 2.20. The number of phosphoric acid groups is 2. The number of aliphatic hydroxyl groups excluding tert-OH is 2. The average molecular weight is 1420 g/mol. The molecule has 4 N–H and O–H groups in total. The van der Waals surface area contributed by atoms with Crippen LogP contribution >= 0.6 is 15.6 Å². The molecule has 0 spiro atoms. The Bertz CT molecular complexity index is 2530. The fraction of sp³-hybridized carbons (Fsp3) is 0.593. The molecule has 0 amide bonds. The molecule has 0 saturated carbocycles. The Kier molecular flexibility index (Phi) is 68.5. The Labute approximate surface area is 598 Å². The average Bonchev–Trinajstić information content (AvgIpc) is 2.18. The fourth-order valence-corrected chi connectivity index (χ4v) is 10.7. The van der Waals surface area contributed by atoms with Crippen molar-refractivity contribution in [3.8, 4) is 0 Å². The van der Waals surface area contributed by atoms with Gasteiger partial charge in [-0.15, -0.1) is 0 Å². The van der Waals surface area contributed by atoms with E-state index in [1.54, 1.807) is 0 Å². The van der Waals surface area contributed by atoms with Crippen LogP contribution in [0.5, 0.6) is 0 Å². The van der Waals surface area contributed by atoms with E-state index in [9.17, 15) is 43.5 Å². The lowest BCUT2D eigenvalue weighted by Gasteiger charge is -2.21. The highest BCUT2D eigenvalue weighted by molar-refractivity contribution is 7.47. The summed E-state index contributed by atoms with van der Waals surface area (Å²) >= 11 is 0. The molecule has 0 rings (SSSR count). The van der Waals surface area contributed by atoms with Gasteiger partial charge in [0.15, 0.2) is 6.10 Å². The van der Waals surface area contributed by atoms with Gasteiger partial charge in [-0.2, -0.15) is 0 Å². The Hall–Kier alpha value is -5.35. The van der Waals surface area contributed by atoms with Gasteiger partial charge in [-0.25, -0.2) is 9.13 Å². The molecule has 5 unspecified atom stereocenters. The number of esters is 3. The third-order valence-corrected chi connectivity index (χ3v) is 16.5. The summed E-state index contributed by atoms with van der Waals surface area (Å²) in [6.07, 6.45) is 92.4. The van der Waals surface area contributed by atoms with Crippen LogP contribution in [-0.4, -0.2) is 95.9 Å². The van der Waals surface area contributed by atoms with E-state index in [-0.39, 0.29) is 19.3 Å². The van der Waals surface area contributed by atoms with Crippen molar-refractivity contribution in [1.82, 2.24) is 0 Å². The number of carbonyl (C=O) groups is 3. The Morgan fingerprint density at radius 2 is 0.515 bits per heavy atom. The van der Waals surface area contributed by atoms with Gasteiger partial charge >= 0.3 is 33.6 Å². The molecule has 0 saturated heterocycles. The molecule has 5 atom stereocenters. The summed E-state index contributed by atoms with van der Waals surface area (Å²) in [4.78, 5) is 58.5. The minimum absolute atomic E-state index is 0.0573. The number of hydrogen-bond donors (Lipinski definition) is 4. The maximum absolute atomic E-state index is 12.9. The van der Waals surface area contributed by atoms with E-state index in [0.29, 0.717) is 25.7 Å². The zero-order valence-corrected chi connectivity index (χ0v) is 62.6. The summed E-state index contributed by atoms with van der Waals surface area (Å²) in [5.41, 5.74) is 0. The Balaban J connectivity index is 4.62. The summed E-state index contributed by atoms with van der Waals surface area (Å²) in [7, 11) is -9.82. The van der Waals surface area contributed by atoms with Crippen LogP contribution in [0.1, 0.15) is 252 Å². The minimum Gasteiger partial charge on any atom is -0.463 e. The van der Waals surface area contributed by atoms with Crippen LogP contribution in [-0.2, 0) is 55.8 Å². The molecule has 0 aliphatic rings. The van der Waals surface area contributed by atoms with Gasteiger partial charge in [-0.05, 0) is 148 Å². The number of rotatable bonds is 68. The number of allylic oxidation sites excluding steroid dienone is 30. The standard InChI is InChI=1S/C81H130O16P2/c1-4-7-10-13-16-19-22-25-28-31-32-33-34-35-36-37-38-39-40-41-42-45-47-49-52-55-58-61-64-67-79(84)91-70-76(82)71-93-98(87,88)94-72-77(83)73-95-99(89,90)96-75-78(97-81(86)69-66-63-60-57-54-51-48-44-30-27-24-21-18-15-12-9-6-3)74-92-80(85)68-65-62-59-56-53-50-46-43-29-26-23-20-17-14-11-8-5-2/h7-12,16-21,25-30,32-33,35-36,38-39,46,48,50-51,56,59,76-78,82-83H,4-6,13-15,22-24,31,34,37,40-45,47,49,52-55,57-58,60-75H2,1-3H3,(H,87,88)(H,89,90)/b10-7-,11-8-,12-9-,19-16-,20-17-,21-18-,28-25-,29-26-,30-27-,33-32-,36-35-,39-38-,50-46-,51-48-,59-56-. The molecule has 0 fully saturated rings. The van der Waals surface area contributed by atoms with Crippen molar-refractivity contribution in [2.75, 3.05) is 39.6 Å². The van der Waals surface area contributed by atoms with Crippen LogP contribution in [0, 0.1) is 0 Å². The maximum Gasteiger partial charge on any atom is 0.472 e. The van der Waals surface area contributed by atoms with Crippen LogP contribution in [0.15, 0.2) is 182 Å². The SMILES string of the molecule is CC/C=C\C/C=C\C/C=C\C/C=C\C/C=C\C/C=C\CCCCCCCCCCCCC(=O)OCC(O)COP(=O)(O)OCC(O)COP(=O)(O)OCC(COC(=O)CCC/C=C\C/C=C\C/C=C\C/C=C\C/C=C\CC)OC(=O)CCCCCC/C=C\C/C=C\C/C=C\C/C=C\CC. The largest absolute Gasteiger partial charge is 0.472 e. The molecule has 0 aromatic rings. The van der Waals surface area contributed by atoms with E-state index >= 15 is 0 Å². The molecular weight excluding hydrogens is 1290 g/mol. The molecule has 0 aromatic heterocycles. The quantitative estimate of drug-likeness (QED) is 0.0146. The lowest BCUT2D eigenvalue weighted by Crippen LogP contribution is -2.30. The van der Waals surface area contributed by atoms with E-state index in [4.69, 9.17) is 32.3 Å². The second-order valence-corrected chi connectivity index (χ2v) is 26.9. The second-order valence-electron chi connectivity index (χ2n) is 23.9. The molecule has 560 valence electrons. The van der Waals surface area contributed by atoms with E-state index in [1.807, 2.05) is 12.2 Å². The number of hydrogen-bond acceptors (Lipinski definition) is 14. The molecular formula is C81H130O16P2. The number of unbranched alkanes of at least 4 members (excludes halogenated alkanes) is 15. The third-order valence-electron chi connectivity index (χ3n) is 14.6. The van der Waals surface area contributed by atoms with Gasteiger partial charge in [0.1, 0.15) is 25.4 Å². The van der Waals surface area contributed by atoms with Crippen molar-refractivity contribution in [2.24, 2.45) is 0 Å². The highest BCUT2D eigenvalue weighted by Gasteiger charge is 2.29. The van der Waals surface area contributed by atoms with Crippen LogP contribution < -0.4 is 0 Å². The van der Waals surface area contributed by atoms with Gasteiger partial charge in [0.25, 0.3) is 0 Å². The molecule has 0 aromatic carbocycles. The topological polar surface area (TPSA) is 231 Å². The van der Waals surface area contributed by atoms with Gasteiger partial charge in [0, 0.05) is 19.3 Å². The lowest BCUT2D eigenvalue weighted by atomic mass is 10.1. The summed E-state index contributed by atoms with van der Waals surface area (Å²) in [6, 6.07) is 0. The number of carbonyl (C=O) groups excluding carboxylic acids is 3. The number of ether oxygens (including phenoxy) is 3. The highest BCUT2D eigenvalue weighted by Crippen LogP contribution is 2.45. The first kappa shape index (κ1) is 93.6. The van der Waals surface area contributed by atoms with Gasteiger partial charge in [-0.1, -0.05) is 267 Å². The first-order valence-electron chi connectivity index (χ1n) is 37.1. The van der Waals surface area contributed by atoms with Crippen molar-refractivity contribution in [2.45, 2.75) is 270 Å². The van der Waals surface area contributed by atoms with E-state index in [2.05, 4.69) is 191 Å². The van der Waals surface area contributed by atoms with Crippen LogP contribution in [0.4, 0.5) is 0 Å². The fourth-order valence-electron chi connectivity index (χ4n) is 9.07. The normalized spacial score (nSPS) is 15.1. The zero-order valence-electron chi connectivity index (χ0n) is 60.8. The second kappa shape index (κ2) is 72.4. The van der Waals surface area contributed by atoms with Crippen LogP contribution in [0.3, 0.4) is 0 Å². The number of phosphoric ester groups is 2. The predicted octanol–water partition coefficient (Wildman–Crippen LogP) is 21.4. The zero-order chi connectivity index (χ0) is 72.3. The van der Waals surface area contributed by atoms with E-state index in [0.717, 1.165) is 154 Å². The minimum atomic E-state index is -4.96.